The first-order valence-corrected chi connectivity index (χ1v) is 6.93. The van der Waals surface area contributed by atoms with Crippen LogP contribution in [0, 0.1) is 11.7 Å². The summed E-state index contributed by atoms with van der Waals surface area (Å²) in [7, 11) is 2.01. The maximum Gasteiger partial charge on any atom is 0.125 e. The van der Waals surface area contributed by atoms with Gasteiger partial charge in [0.05, 0.1) is 0 Å². The Hall–Kier alpha value is -1.09. The Morgan fingerprint density at radius 2 is 2.11 bits per heavy atom. The van der Waals surface area contributed by atoms with E-state index in [0.717, 1.165) is 31.2 Å². The summed E-state index contributed by atoms with van der Waals surface area (Å²) in [6.45, 7) is 3.01. The summed E-state index contributed by atoms with van der Waals surface area (Å²) in [5, 5.41) is 3.51. The molecule has 1 aliphatic rings. The first kappa shape index (κ1) is 13.3. The van der Waals surface area contributed by atoms with Gasteiger partial charge >= 0.3 is 0 Å². The molecule has 100 valence electrons. The van der Waals surface area contributed by atoms with Gasteiger partial charge in [0, 0.05) is 25.8 Å². The van der Waals surface area contributed by atoms with Gasteiger partial charge in [-0.1, -0.05) is 18.9 Å². The monoisotopic (exact) mass is 250 g/mol. The zero-order valence-electron chi connectivity index (χ0n) is 11.2. The molecule has 1 aromatic carbocycles. The van der Waals surface area contributed by atoms with Gasteiger partial charge in [-0.3, -0.25) is 0 Å². The van der Waals surface area contributed by atoms with Gasteiger partial charge < -0.3 is 10.2 Å². The lowest BCUT2D eigenvalue weighted by Crippen LogP contribution is -2.31. The number of nitrogens with zero attached hydrogens (tertiary/aromatic N) is 1. The lowest BCUT2D eigenvalue weighted by atomic mass is 10.1. The summed E-state index contributed by atoms with van der Waals surface area (Å²) in [4.78, 5) is 2.09. The first-order chi connectivity index (χ1) is 8.75. The maximum absolute atomic E-state index is 13.1. The number of hydrogen-bond donors (Lipinski definition) is 1. The van der Waals surface area contributed by atoms with Gasteiger partial charge in [0.1, 0.15) is 5.82 Å². The second kappa shape index (κ2) is 6.74. The SMILES string of the molecule is CN(CCNCC1CCCC1)c1cccc(F)c1. The van der Waals surface area contributed by atoms with Crippen molar-refractivity contribution < 1.29 is 4.39 Å². The molecule has 18 heavy (non-hydrogen) atoms. The zero-order chi connectivity index (χ0) is 12.8. The molecule has 0 saturated heterocycles. The Morgan fingerprint density at radius 3 is 2.83 bits per heavy atom. The largest absolute Gasteiger partial charge is 0.373 e. The van der Waals surface area contributed by atoms with Crippen LogP contribution in [0.4, 0.5) is 10.1 Å². The molecule has 2 rings (SSSR count). The van der Waals surface area contributed by atoms with E-state index in [1.807, 2.05) is 13.1 Å². The van der Waals surface area contributed by atoms with E-state index in [2.05, 4.69) is 10.2 Å². The fourth-order valence-corrected chi connectivity index (χ4v) is 2.61. The lowest BCUT2D eigenvalue weighted by molar-refractivity contribution is 0.492. The number of nitrogens with one attached hydrogen (secondary N) is 1. The minimum Gasteiger partial charge on any atom is -0.373 e. The molecular weight excluding hydrogens is 227 g/mol. The van der Waals surface area contributed by atoms with Crippen molar-refractivity contribution in [3.05, 3.63) is 30.1 Å². The molecule has 0 atom stereocenters. The summed E-state index contributed by atoms with van der Waals surface area (Å²) in [5.74, 6) is 0.711. The summed E-state index contributed by atoms with van der Waals surface area (Å²) in [5.41, 5.74) is 0.942. The highest BCUT2D eigenvalue weighted by atomic mass is 19.1. The molecule has 3 heteroatoms. The number of likely N-dealkylation sites (N-methyl/N-ethyl adjacent to an activating group) is 1. The third-order valence-corrected chi connectivity index (χ3v) is 3.78. The fraction of sp³-hybridized carbons (Fsp3) is 0.600. The van der Waals surface area contributed by atoms with Crippen molar-refractivity contribution in [2.45, 2.75) is 25.7 Å². The Bertz CT molecular complexity index is 361. The molecule has 0 amide bonds. The van der Waals surface area contributed by atoms with Gasteiger partial charge in [0.2, 0.25) is 0 Å². The van der Waals surface area contributed by atoms with Crippen LogP contribution in [-0.4, -0.2) is 26.7 Å². The number of halogens is 1. The van der Waals surface area contributed by atoms with Crippen molar-refractivity contribution in [2.24, 2.45) is 5.92 Å². The molecule has 1 fully saturated rings. The lowest BCUT2D eigenvalue weighted by Gasteiger charge is -2.20. The molecule has 0 aromatic heterocycles. The summed E-state index contributed by atoms with van der Waals surface area (Å²) in [6, 6.07) is 6.76. The van der Waals surface area contributed by atoms with Gasteiger partial charge in [0.25, 0.3) is 0 Å². The third kappa shape index (κ3) is 3.98. The van der Waals surface area contributed by atoms with Crippen LogP contribution in [0.2, 0.25) is 0 Å². The van der Waals surface area contributed by atoms with Crippen LogP contribution < -0.4 is 10.2 Å². The molecule has 0 heterocycles. The van der Waals surface area contributed by atoms with E-state index in [9.17, 15) is 4.39 Å². The second-order valence-electron chi connectivity index (χ2n) is 5.26. The van der Waals surface area contributed by atoms with Crippen LogP contribution in [0.25, 0.3) is 0 Å². The fourth-order valence-electron chi connectivity index (χ4n) is 2.61. The second-order valence-corrected chi connectivity index (χ2v) is 5.26. The highest BCUT2D eigenvalue weighted by molar-refractivity contribution is 5.45. The highest BCUT2D eigenvalue weighted by Gasteiger charge is 2.13. The number of benzene rings is 1. The van der Waals surface area contributed by atoms with E-state index < -0.39 is 0 Å². The molecular formula is C15H23FN2. The average Bonchev–Trinajstić information content (AvgIpc) is 2.87. The van der Waals surface area contributed by atoms with Crippen molar-refractivity contribution in [3.63, 3.8) is 0 Å². The molecule has 1 saturated carbocycles. The summed E-state index contributed by atoms with van der Waals surface area (Å²) in [6.07, 6.45) is 5.56. The van der Waals surface area contributed by atoms with Crippen molar-refractivity contribution >= 4 is 5.69 Å². The highest BCUT2D eigenvalue weighted by Crippen LogP contribution is 2.23. The van der Waals surface area contributed by atoms with Gasteiger partial charge in [-0.05, 0) is 43.5 Å². The Morgan fingerprint density at radius 1 is 1.33 bits per heavy atom. The van der Waals surface area contributed by atoms with E-state index in [1.165, 1.54) is 31.7 Å². The van der Waals surface area contributed by atoms with E-state index in [0.29, 0.717) is 0 Å². The van der Waals surface area contributed by atoms with Crippen molar-refractivity contribution in [1.82, 2.24) is 5.32 Å². The smallest absolute Gasteiger partial charge is 0.125 e. The molecule has 0 aliphatic heterocycles. The predicted molar refractivity (Wildman–Crippen MR) is 74.5 cm³/mol. The first-order valence-electron chi connectivity index (χ1n) is 6.93. The van der Waals surface area contributed by atoms with Crippen LogP contribution in [0.15, 0.2) is 24.3 Å². The standard InChI is InChI=1S/C15H23FN2/c1-18(15-8-4-7-14(16)11-15)10-9-17-12-13-5-2-3-6-13/h4,7-8,11,13,17H,2-3,5-6,9-10,12H2,1H3. The Kier molecular flexibility index (Phi) is 5.00. The van der Waals surface area contributed by atoms with Crippen LogP contribution in [0.3, 0.4) is 0 Å². The number of hydrogen-bond acceptors (Lipinski definition) is 2. The minimum absolute atomic E-state index is 0.168. The number of anilines is 1. The predicted octanol–water partition coefficient (Wildman–Crippen LogP) is 3.04. The quantitative estimate of drug-likeness (QED) is 0.781. The van der Waals surface area contributed by atoms with Crippen LogP contribution >= 0.6 is 0 Å². The topological polar surface area (TPSA) is 15.3 Å². The Labute approximate surface area is 109 Å². The van der Waals surface area contributed by atoms with Crippen molar-refractivity contribution in [1.29, 1.82) is 0 Å². The summed E-state index contributed by atoms with van der Waals surface area (Å²) < 4.78 is 13.1. The van der Waals surface area contributed by atoms with Crippen LogP contribution in [0.1, 0.15) is 25.7 Å². The normalized spacial score (nSPS) is 16.1. The Balaban J connectivity index is 1.66. The van der Waals surface area contributed by atoms with Crippen LogP contribution in [-0.2, 0) is 0 Å². The van der Waals surface area contributed by atoms with E-state index in [1.54, 1.807) is 12.1 Å². The molecule has 1 aliphatic carbocycles. The molecule has 2 nitrogen and oxygen atoms in total. The maximum atomic E-state index is 13.1. The third-order valence-electron chi connectivity index (χ3n) is 3.78. The molecule has 0 spiro atoms. The molecule has 1 N–H and O–H groups in total. The van der Waals surface area contributed by atoms with Gasteiger partial charge in [-0.25, -0.2) is 4.39 Å². The van der Waals surface area contributed by atoms with Crippen molar-refractivity contribution in [2.75, 3.05) is 31.6 Å². The molecule has 0 radical (unpaired) electrons. The number of rotatable bonds is 6. The summed E-state index contributed by atoms with van der Waals surface area (Å²) >= 11 is 0. The van der Waals surface area contributed by atoms with E-state index >= 15 is 0 Å². The average molecular weight is 250 g/mol. The zero-order valence-corrected chi connectivity index (χ0v) is 11.2. The van der Waals surface area contributed by atoms with Crippen molar-refractivity contribution in [3.8, 4) is 0 Å². The molecule has 1 aromatic rings. The molecule has 0 unspecified atom stereocenters. The van der Waals surface area contributed by atoms with E-state index in [-0.39, 0.29) is 5.82 Å². The van der Waals surface area contributed by atoms with Gasteiger partial charge in [-0.15, -0.1) is 0 Å². The molecule has 0 bridgehead atoms. The van der Waals surface area contributed by atoms with E-state index in [4.69, 9.17) is 0 Å². The van der Waals surface area contributed by atoms with Crippen LogP contribution in [0.5, 0.6) is 0 Å². The minimum atomic E-state index is -0.168. The van der Waals surface area contributed by atoms with Gasteiger partial charge in [0.15, 0.2) is 0 Å². The van der Waals surface area contributed by atoms with Gasteiger partial charge in [-0.2, -0.15) is 0 Å².